The minimum atomic E-state index is -0.351. The first kappa shape index (κ1) is 11.9. The first-order valence-electron chi connectivity index (χ1n) is 6.00. The van der Waals surface area contributed by atoms with Gasteiger partial charge in [-0.2, -0.15) is 4.98 Å². The van der Waals surface area contributed by atoms with Gasteiger partial charge in [0.2, 0.25) is 5.89 Å². The van der Waals surface area contributed by atoms with Crippen LogP contribution in [0.1, 0.15) is 47.6 Å². The molecule has 3 rings (SSSR count). The minimum absolute atomic E-state index is 0.351. The summed E-state index contributed by atoms with van der Waals surface area (Å²) in [5.74, 6) is 1.74. The molecule has 1 saturated carbocycles. The lowest BCUT2D eigenvalue weighted by Crippen LogP contribution is -2.14. The average molecular weight is 308 g/mol. The third kappa shape index (κ3) is 2.20. The van der Waals surface area contributed by atoms with Crippen LogP contribution in [0.2, 0.25) is 0 Å². The SMILES string of the molecule is Cc1ccc(C(N)c2noc(C3CC3)n2)c(Br)c1. The summed E-state index contributed by atoms with van der Waals surface area (Å²) in [5.41, 5.74) is 8.35. The maximum absolute atomic E-state index is 6.19. The zero-order valence-corrected chi connectivity index (χ0v) is 11.6. The van der Waals surface area contributed by atoms with Crippen LogP contribution in [-0.4, -0.2) is 10.1 Å². The second-order valence-electron chi connectivity index (χ2n) is 4.77. The molecule has 94 valence electrons. The lowest BCUT2D eigenvalue weighted by atomic mass is 10.1. The van der Waals surface area contributed by atoms with Crippen LogP contribution in [0.4, 0.5) is 0 Å². The van der Waals surface area contributed by atoms with E-state index < -0.39 is 0 Å². The van der Waals surface area contributed by atoms with Gasteiger partial charge in [0, 0.05) is 10.4 Å². The molecule has 0 amide bonds. The zero-order chi connectivity index (χ0) is 12.7. The smallest absolute Gasteiger partial charge is 0.229 e. The molecule has 1 heterocycles. The van der Waals surface area contributed by atoms with Gasteiger partial charge in [0.25, 0.3) is 0 Å². The zero-order valence-electron chi connectivity index (χ0n) is 10.1. The molecule has 1 fully saturated rings. The minimum Gasteiger partial charge on any atom is -0.339 e. The number of rotatable bonds is 3. The molecule has 0 saturated heterocycles. The Balaban J connectivity index is 1.89. The Morgan fingerprint density at radius 2 is 2.22 bits per heavy atom. The molecule has 1 unspecified atom stereocenters. The standard InChI is InChI=1S/C13H14BrN3O/c1-7-2-5-9(10(14)6-7)11(15)12-16-13(18-17-12)8-3-4-8/h2,5-6,8,11H,3-4,15H2,1H3. The van der Waals surface area contributed by atoms with Crippen LogP contribution >= 0.6 is 15.9 Å². The average Bonchev–Trinajstić information content (AvgIpc) is 3.06. The summed E-state index contributed by atoms with van der Waals surface area (Å²) in [5, 5.41) is 3.99. The lowest BCUT2D eigenvalue weighted by molar-refractivity contribution is 0.372. The van der Waals surface area contributed by atoms with Crippen LogP contribution in [0.5, 0.6) is 0 Å². The Hall–Kier alpha value is -1.20. The highest BCUT2D eigenvalue weighted by Gasteiger charge is 2.30. The molecule has 0 aliphatic heterocycles. The number of aryl methyl sites for hydroxylation is 1. The predicted molar refractivity (Wildman–Crippen MR) is 71.2 cm³/mol. The van der Waals surface area contributed by atoms with Gasteiger partial charge in [-0.25, -0.2) is 0 Å². The summed E-state index contributed by atoms with van der Waals surface area (Å²) in [6.45, 7) is 2.04. The fourth-order valence-electron chi connectivity index (χ4n) is 1.89. The van der Waals surface area contributed by atoms with Crippen LogP contribution in [0, 0.1) is 6.92 Å². The molecule has 0 radical (unpaired) electrons. The number of nitrogens with two attached hydrogens (primary N) is 1. The van der Waals surface area contributed by atoms with Gasteiger partial charge in [-0.15, -0.1) is 0 Å². The summed E-state index contributed by atoms with van der Waals surface area (Å²) < 4.78 is 6.22. The molecule has 1 aliphatic rings. The van der Waals surface area contributed by atoms with Crippen molar-refractivity contribution in [3.63, 3.8) is 0 Å². The third-order valence-corrected chi connectivity index (χ3v) is 3.84. The van der Waals surface area contributed by atoms with Crippen molar-refractivity contribution in [2.75, 3.05) is 0 Å². The number of aromatic nitrogens is 2. The molecule has 5 heteroatoms. The normalized spacial score (nSPS) is 16.8. The van der Waals surface area contributed by atoms with Gasteiger partial charge in [0.1, 0.15) is 0 Å². The summed E-state index contributed by atoms with van der Waals surface area (Å²) in [6, 6.07) is 5.71. The Bertz CT molecular complexity index is 577. The molecule has 0 spiro atoms. The van der Waals surface area contributed by atoms with E-state index in [4.69, 9.17) is 10.3 Å². The molecule has 1 aromatic carbocycles. The van der Waals surface area contributed by atoms with Crippen molar-refractivity contribution in [2.45, 2.75) is 31.7 Å². The maximum Gasteiger partial charge on any atom is 0.229 e. The van der Waals surface area contributed by atoms with Crippen LogP contribution < -0.4 is 5.73 Å². The highest BCUT2D eigenvalue weighted by molar-refractivity contribution is 9.10. The van der Waals surface area contributed by atoms with E-state index in [0.29, 0.717) is 11.7 Å². The van der Waals surface area contributed by atoms with Gasteiger partial charge in [-0.3, -0.25) is 0 Å². The van der Waals surface area contributed by atoms with Crippen molar-refractivity contribution in [1.29, 1.82) is 0 Å². The summed E-state index contributed by atoms with van der Waals surface area (Å²) in [7, 11) is 0. The van der Waals surface area contributed by atoms with E-state index in [1.807, 2.05) is 25.1 Å². The van der Waals surface area contributed by atoms with Crippen molar-refractivity contribution in [1.82, 2.24) is 10.1 Å². The van der Waals surface area contributed by atoms with Gasteiger partial charge in [0.05, 0.1) is 6.04 Å². The Morgan fingerprint density at radius 1 is 1.44 bits per heavy atom. The monoisotopic (exact) mass is 307 g/mol. The second kappa shape index (κ2) is 4.48. The maximum atomic E-state index is 6.19. The van der Waals surface area contributed by atoms with Gasteiger partial charge >= 0.3 is 0 Å². The molecule has 0 bridgehead atoms. The van der Waals surface area contributed by atoms with E-state index in [9.17, 15) is 0 Å². The molecule has 4 nitrogen and oxygen atoms in total. The molecular weight excluding hydrogens is 294 g/mol. The number of halogens is 1. The van der Waals surface area contributed by atoms with Gasteiger partial charge < -0.3 is 10.3 Å². The molecule has 1 aromatic heterocycles. The van der Waals surface area contributed by atoms with Gasteiger partial charge in [-0.05, 0) is 37.0 Å². The number of hydrogen-bond acceptors (Lipinski definition) is 4. The number of hydrogen-bond donors (Lipinski definition) is 1. The second-order valence-corrected chi connectivity index (χ2v) is 5.62. The third-order valence-electron chi connectivity index (χ3n) is 3.15. The van der Waals surface area contributed by atoms with E-state index in [2.05, 4.69) is 26.1 Å². The molecular formula is C13H14BrN3O. The molecule has 2 aromatic rings. The Kier molecular flexibility index (Phi) is 2.95. The van der Waals surface area contributed by atoms with Crippen molar-refractivity contribution in [2.24, 2.45) is 5.73 Å². The Labute approximate surface area is 114 Å². The van der Waals surface area contributed by atoms with Crippen LogP contribution in [0.25, 0.3) is 0 Å². The van der Waals surface area contributed by atoms with Crippen LogP contribution in [-0.2, 0) is 0 Å². The van der Waals surface area contributed by atoms with E-state index in [1.54, 1.807) is 0 Å². The molecule has 1 aliphatic carbocycles. The molecule has 18 heavy (non-hydrogen) atoms. The highest BCUT2D eigenvalue weighted by Crippen LogP contribution is 2.39. The first-order valence-corrected chi connectivity index (χ1v) is 6.79. The first-order chi connectivity index (χ1) is 8.65. The van der Waals surface area contributed by atoms with Crippen molar-refractivity contribution < 1.29 is 4.52 Å². The van der Waals surface area contributed by atoms with Crippen molar-refractivity contribution >= 4 is 15.9 Å². The highest BCUT2D eigenvalue weighted by atomic mass is 79.9. The van der Waals surface area contributed by atoms with E-state index >= 15 is 0 Å². The summed E-state index contributed by atoms with van der Waals surface area (Å²) in [6.07, 6.45) is 2.29. The molecule has 1 atom stereocenters. The predicted octanol–water partition coefficient (Wildman–Crippen LogP) is 3.07. The van der Waals surface area contributed by atoms with Crippen molar-refractivity contribution in [3.8, 4) is 0 Å². The van der Waals surface area contributed by atoms with E-state index in [-0.39, 0.29) is 6.04 Å². The van der Waals surface area contributed by atoms with Crippen molar-refractivity contribution in [3.05, 3.63) is 45.5 Å². The number of nitrogens with zero attached hydrogens (tertiary/aromatic N) is 2. The summed E-state index contributed by atoms with van der Waals surface area (Å²) >= 11 is 3.53. The lowest BCUT2D eigenvalue weighted by Gasteiger charge is -2.10. The fraction of sp³-hybridized carbons (Fsp3) is 0.385. The topological polar surface area (TPSA) is 64.9 Å². The van der Waals surface area contributed by atoms with Gasteiger partial charge in [0.15, 0.2) is 5.82 Å². The van der Waals surface area contributed by atoms with Gasteiger partial charge in [-0.1, -0.05) is 33.2 Å². The van der Waals surface area contributed by atoms with E-state index in [1.165, 1.54) is 5.56 Å². The molecule has 2 N–H and O–H groups in total. The van der Waals surface area contributed by atoms with Crippen LogP contribution in [0.15, 0.2) is 27.2 Å². The van der Waals surface area contributed by atoms with E-state index in [0.717, 1.165) is 28.8 Å². The largest absolute Gasteiger partial charge is 0.339 e. The van der Waals surface area contributed by atoms with Crippen LogP contribution in [0.3, 0.4) is 0 Å². The number of benzene rings is 1. The summed E-state index contributed by atoms with van der Waals surface area (Å²) in [4.78, 5) is 4.39. The quantitative estimate of drug-likeness (QED) is 0.946. The fourth-order valence-corrected chi connectivity index (χ4v) is 2.63. The Morgan fingerprint density at radius 3 is 2.89 bits per heavy atom.